The molecule has 0 fully saturated rings. The summed E-state index contributed by atoms with van der Waals surface area (Å²) in [6.07, 6.45) is 5.28. The first-order valence-electron chi connectivity index (χ1n) is 9.39. The molecule has 1 aliphatic carbocycles. The zero-order valence-corrected chi connectivity index (χ0v) is 16.3. The number of rotatable bonds is 5. The Kier molecular flexibility index (Phi) is 4.62. The number of benzene rings is 2. The van der Waals surface area contributed by atoms with Gasteiger partial charge in [0.05, 0.1) is 4.88 Å². The van der Waals surface area contributed by atoms with Gasteiger partial charge in [0.25, 0.3) is 0 Å². The number of aromatic hydroxyl groups is 1. The molecule has 1 N–H and O–H groups in total. The molecule has 6 heteroatoms. The van der Waals surface area contributed by atoms with Crippen LogP contribution in [0.5, 0.6) is 23.1 Å². The highest BCUT2D eigenvalue weighted by atomic mass is 32.1. The number of nitrogens with zero attached hydrogens (tertiary/aromatic N) is 2. The Hall–Kier alpha value is -3.38. The highest BCUT2D eigenvalue weighted by Crippen LogP contribution is 2.41. The maximum Gasteiger partial charge on any atom is 0.223 e. The fourth-order valence-electron chi connectivity index (χ4n) is 3.60. The Morgan fingerprint density at radius 2 is 1.79 bits per heavy atom. The third kappa shape index (κ3) is 3.67. The lowest BCUT2D eigenvalue weighted by atomic mass is 10.1. The van der Waals surface area contributed by atoms with Crippen molar-refractivity contribution in [3.63, 3.8) is 0 Å². The summed E-state index contributed by atoms with van der Waals surface area (Å²) in [5.41, 5.74) is 3.38. The van der Waals surface area contributed by atoms with Crippen molar-refractivity contribution in [3.05, 3.63) is 84.2 Å². The molecule has 0 spiro atoms. The summed E-state index contributed by atoms with van der Waals surface area (Å²) in [6, 6.07) is 19.4. The highest BCUT2D eigenvalue weighted by Gasteiger charge is 2.27. The molecule has 1 unspecified atom stereocenters. The smallest absolute Gasteiger partial charge is 0.223 e. The molecule has 0 radical (unpaired) electrons. The van der Waals surface area contributed by atoms with Crippen LogP contribution in [0.2, 0.25) is 0 Å². The van der Waals surface area contributed by atoms with Crippen LogP contribution in [-0.2, 0) is 6.42 Å². The van der Waals surface area contributed by atoms with E-state index < -0.39 is 0 Å². The first kappa shape index (κ1) is 17.7. The average Bonchev–Trinajstić information content (AvgIpc) is 3.37. The van der Waals surface area contributed by atoms with Gasteiger partial charge in [-0.3, -0.25) is 4.98 Å². The van der Waals surface area contributed by atoms with Gasteiger partial charge in [-0.05, 0) is 78.0 Å². The molecule has 0 saturated carbocycles. The summed E-state index contributed by atoms with van der Waals surface area (Å²) >= 11 is 1.28. The van der Waals surface area contributed by atoms with Gasteiger partial charge in [-0.1, -0.05) is 12.1 Å². The van der Waals surface area contributed by atoms with Crippen LogP contribution in [0.15, 0.2) is 73.1 Å². The van der Waals surface area contributed by atoms with Crippen LogP contribution in [0.25, 0.3) is 10.4 Å². The van der Waals surface area contributed by atoms with E-state index >= 15 is 0 Å². The molecule has 2 heterocycles. The van der Waals surface area contributed by atoms with E-state index in [1.807, 2.05) is 48.5 Å². The van der Waals surface area contributed by atoms with Gasteiger partial charge < -0.3 is 14.6 Å². The van der Waals surface area contributed by atoms with Crippen LogP contribution >= 0.6 is 11.5 Å². The number of aromatic nitrogens is 2. The first-order chi connectivity index (χ1) is 14.3. The molecule has 4 aromatic rings. The summed E-state index contributed by atoms with van der Waals surface area (Å²) in [4.78, 5) is 4.96. The molecule has 0 amide bonds. The second-order valence-corrected chi connectivity index (χ2v) is 7.63. The largest absolute Gasteiger partial charge is 0.493 e. The Morgan fingerprint density at radius 3 is 2.55 bits per heavy atom. The average molecular weight is 402 g/mol. The van der Waals surface area contributed by atoms with Gasteiger partial charge >= 0.3 is 0 Å². The molecule has 0 aliphatic heterocycles. The predicted molar refractivity (Wildman–Crippen MR) is 112 cm³/mol. The lowest BCUT2D eigenvalue weighted by Crippen LogP contribution is -2.03. The van der Waals surface area contributed by atoms with E-state index in [2.05, 4.69) is 15.4 Å². The van der Waals surface area contributed by atoms with E-state index in [-0.39, 0.29) is 12.0 Å². The lowest BCUT2D eigenvalue weighted by molar-refractivity contribution is 0.207. The second-order valence-electron chi connectivity index (χ2n) is 6.83. The quantitative estimate of drug-likeness (QED) is 0.459. The van der Waals surface area contributed by atoms with Crippen LogP contribution in [0.4, 0.5) is 0 Å². The molecule has 5 nitrogen and oxygen atoms in total. The number of hydrogen-bond acceptors (Lipinski definition) is 6. The van der Waals surface area contributed by atoms with Crippen molar-refractivity contribution in [3.8, 4) is 33.6 Å². The zero-order valence-electron chi connectivity index (χ0n) is 15.5. The molecule has 0 saturated heterocycles. The molecule has 1 atom stereocenters. The fourth-order valence-corrected chi connectivity index (χ4v) is 4.24. The topological polar surface area (TPSA) is 64.5 Å². The van der Waals surface area contributed by atoms with Gasteiger partial charge in [0, 0.05) is 24.0 Å². The number of hydrogen-bond donors (Lipinski definition) is 1. The van der Waals surface area contributed by atoms with E-state index in [0.29, 0.717) is 0 Å². The van der Waals surface area contributed by atoms with Crippen LogP contribution < -0.4 is 9.47 Å². The Labute approximate surface area is 172 Å². The molecular formula is C23H18N2O3S. The zero-order chi connectivity index (χ0) is 19.6. The van der Waals surface area contributed by atoms with Crippen molar-refractivity contribution in [2.45, 2.75) is 18.9 Å². The van der Waals surface area contributed by atoms with Crippen molar-refractivity contribution >= 4 is 11.5 Å². The van der Waals surface area contributed by atoms with Crippen LogP contribution in [0.1, 0.15) is 23.7 Å². The number of pyridine rings is 1. The number of ether oxygens (including phenoxy) is 2. The molecule has 5 rings (SSSR count). The Morgan fingerprint density at radius 1 is 0.966 bits per heavy atom. The molecule has 2 aromatic carbocycles. The van der Waals surface area contributed by atoms with Crippen molar-refractivity contribution in [1.82, 2.24) is 9.36 Å². The number of fused-ring (bicyclic) bond motifs is 1. The molecule has 144 valence electrons. The summed E-state index contributed by atoms with van der Waals surface area (Å²) in [7, 11) is 0. The normalized spacial score (nSPS) is 15.1. The first-order valence-corrected chi connectivity index (χ1v) is 10.2. The Bertz CT molecular complexity index is 1130. The van der Waals surface area contributed by atoms with Gasteiger partial charge in [0.1, 0.15) is 23.4 Å². The van der Waals surface area contributed by atoms with Crippen molar-refractivity contribution in [1.29, 1.82) is 0 Å². The minimum Gasteiger partial charge on any atom is -0.493 e. The highest BCUT2D eigenvalue weighted by molar-refractivity contribution is 7.09. The van der Waals surface area contributed by atoms with Gasteiger partial charge in [0.2, 0.25) is 5.88 Å². The summed E-state index contributed by atoms with van der Waals surface area (Å²) < 4.78 is 16.3. The van der Waals surface area contributed by atoms with Crippen LogP contribution in [0.3, 0.4) is 0 Å². The van der Waals surface area contributed by atoms with Gasteiger partial charge in [-0.25, -0.2) is 0 Å². The molecule has 2 aromatic heterocycles. The summed E-state index contributed by atoms with van der Waals surface area (Å²) in [6.45, 7) is 0. The van der Waals surface area contributed by atoms with Gasteiger partial charge in [-0.2, -0.15) is 4.37 Å². The van der Waals surface area contributed by atoms with Crippen molar-refractivity contribution in [2.24, 2.45) is 0 Å². The van der Waals surface area contributed by atoms with E-state index in [9.17, 15) is 5.11 Å². The van der Waals surface area contributed by atoms with Crippen LogP contribution in [-0.4, -0.2) is 14.5 Å². The Balaban J connectivity index is 1.34. The van der Waals surface area contributed by atoms with E-state index in [1.54, 1.807) is 18.5 Å². The lowest BCUT2D eigenvalue weighted by Gasteiger charge is -2.16. The van der Waals surface area contributed by atoms with Crippen molar-refractivity contribution in [2.75, 3.05) is 0 Å². The fraction of sp³-hybridized carbons (Fsp3) is 0.130. The predicted octanol–water partition coefficient (Wildman–Crippen LogP) is 5.77. The molecule has 0 bridgehead atoms. The SMILES string of the molecule is Oc1cc(-c2ccc(OC3CCc4c(Oc5ccncc5)cccc43)cc2)sn1. The molecule has 1 aliphatic rings. The van der Waals surface area contributed by atoms with E-state index in [4.69, 9.17) is 9.47 Å². The van der Waals surface area contributed by atoms with E-state index in [1.165, 1.54) is 22.7 Å². The second kappa shape index (κ2) is 7.56. The summed E-state index contributed by atoms with van der Waals surface area (Å²) in [5, 5.41) is 9.43. The standard InChI is InChI=1S/C23H18N2O3S/c26-23-14-22(29-25-23)15-4-6-16(7-5-15)27-21-9-8-19-18(21)2-1-3-20(19)28-17-10-12-24-13-11-17/h1-7,10-14,21H,8-9H2,(H,25,26). The van der Waals surface area contributed by atoms with E-state index in [0.717, 1.165) is 40.5 Å². The maximum atomic E-state index is 9.43. The van der Waals surface area contributed by atoms with Crippen molar-refractivity contribution < 1.29 is 14.6 Å². The van der Waals surface area contributed by atoms with Crippen LogP contribution in [0, 0.1) is 0 Å². The minimum atomic E-state index is 0.00397. The third-order valence-electron chi connectivity index (χ3n) is 4.97. The maximum absolute atomic E-state index is 9.43. The van der Waals surface area contributed by atoms with Gasteiger partial charge in [-0.15, -0.1) is 0 Å². The summed E-state index contributed by atoms with van der Waals surface area (Å²) in [5.74, 6) is 2.53. The monoisotopic (exact) mass is 402 g/mol. The molecular weight excluding hydrogens is 384 g/mol. The third-order valence-corrected chi connectivity index (χ3v) is 5.79. The minimum absolute atomic E-state index is 0.00397. The van der Waals surface area contributed by atoms with Gasteiger partial charge in [0.15, 0.2) is 0 Å². The molecule has 29 heavy (non-hydrogen) atoms.